The molecule has 8 heteroatoms. The molecule has 0 atom stereocenters. The van der Waals surface area contributed by atoms with Gasteiger partial charge in [0.2, 0.25) is 15.9 Å². The fraction of sp³-hybridized carbons (Fsp3) is 0.333. The predicted molar refractivity (Wildman–Crippen MR) is 99.0 cm³/mol. The van der Waals surface area contributed by atoms with Gasteiger partial charge in [-0.3, -0.25) is 9.78 Å². The van der Waals surface area contributed by atoms with Crippen LogP contribution in [-0.4, -0.2) is 43.2 Å². The highest BCUT2D eigenvalue weighted by Crippen LogP contribution is 2.22. The fourth-order valence-corrected chi connectivity index (χ4v) is 4.32. The molecule has 0 aliphatic carbocycles. The Balaban J connectivity index is 1.51. The zero-order valence-electron chi connectivity index (χ0n) is 14.4. The van der Waals surface area contributed by atoms with Crippen molar-refractivity contribution in [1.82, 2.24) is 14.6 Å². The minimum atomic E-state index is -3.43. The molecule has 0 saturated carbocycles. The number of hydrogen-bond donors (Lipinski definition) is 2. The first-order valence-electron chi connectivity index (χ1n) is 8.56. The highest BCUT2D eigenvalue weighted by molar-refractivity contribution is 7.89. The molecule has 1 aromatic heterocycles. The van der Waals surface area contributed by atoms with Crippen LogP contribution >= 0.6 is 0 Å². The molecule has 0 bridgehead atoms. The van der Waals surface area contributed by atoms with Gasteiger partial charge in [0.1, 0.15) is 0 Å². The Morgan fingerprint density at radius 1 is 1.08 bits per heavy atom. The van der Waals surface area contributed by atoms with Crippen LogP contribution in [0.1, 0.15) is 18.5 Å². The summed E-state index contributed by atoms with van der Waals surface area (Å²) in [6, 6.07) is 11.9. The van der Waals surface area contributed by atoms with Crippen LogP contribution in [-0.2, 0) is 21.4 Å². The van der Waals surface area contributed by atoms with E-state index in [9.17, 15) is 13.2 Å². The average molecular weight is 374 g/mol. The molecule has 2 aromatic rings. The molecule has 1 fully saturated rings. The van der Waals surface area contributed by atoms with E-state index in [2.05, 4.69) is 15.6 Å². The molecular formula is C18H22N4O3S. The van der Waals surface area contributed by atoms with Gasteiger partial charge in [0, 0.05) is 31.5 Å². The molecule has 2 heterocycles. The van der Waals surface area contributed by atoms with Gasteiger partial charge in [0.15, 0.2) is 0 Å². The SMILES string of the molecule is O=C(CNCc1ccccn1)Nc1ccc(S(=O)(=O)N2CCCC2)cc1. The molecule has 3 rings (SSSR count). The summed E-state index contributed by atoms with van der Waals surface area (Å²) in [6.07, 6.45) is 3.51. The summed E-state index contributed by atoms with van der Waals surface area (Å²) in [6.45, 7) is 1.79. The highest BCUT2D eigenvalue weighted by Gasteiger charge is 2.26. The third-order valence-corrected chi connectivity index (χ3v) is 6.07. The van der Waals surface area contributed by atoms with E-state index >= 15 is 0 Å². The Labute approximate surface area is 153 Å². The summed E-state index contributed by atoms with van der Waals surface area (Å²) in [4.78, 5) is 16.4. The number of carbonyl (C=O) groups is 1. The van der Waals surface area contributed by atoms with Crippen LogP contribution in [0.4, 0.5) is 5.69 Å². The number of nitrogens with zero attached hydrogens (tertiary/aromatic N) is 2. The average Bonchev–Trinajstić information content (AvgIpc) is 3.19. The van der Waals surface area contributed by atoms with Crippen molar-refractivity contribution in [3.05, 3.63) is 54.4 Å². The second-order valence-corrected chi connectivity index (χ2v) is 8.05. The number of rotatable bonds is 7. The van der Waals surface area contributed by atoms with Crippen molar-refractivity contribution in [3.8, 4) is 0 Å². The van der Waals surface area contributed by atoms with E-state index in [4.69, 9.17) is 0 Å². The van der Waals surface area contributed by atoms with Crippen molar-refractivity contribution < 1.29 is 13.2 Å². The maximum absolute atomic E-state index is 12.5. The number of amides is 1. The summed E-state index contributed by atoms with van der Waals surface area (Å²) in [5.41, 5.74) is 1.42. The number of aromatic nitrogens is 1. The molecule has 1 saturated heterocycles. The van der Waals surface area contributed by atoms with Crippen molar-refractivity contribution in [2.75, 3.05) is 25.0 Å². The predicted octanol–water partition coefficient (Wildman–Crippen LogP) is 1.59. The second-order valence-electron chi connectivity index (χ2n) is 6.11. The lowest BCUT2D eigenvalue weighted by Gasteiger charge is -2.15. The first-order chi connectivity index (χ1) is 12.6. The van der Waals surface area contributed by atoms with Crippen molar-refractivity contribution in [2.45, 2.75) is 24.3 Å². The number of nitrogens with one attached hydrogen (secondary N) is 2. The number of carbonyl (C=O) groups excluding carboxylic acids is 1. The Kier molecular flexibility index (Phi) is 5.97. The molecule has 0 spiro atoms. The summed E-state index contributed by atoms with van der Waals surface area (Å²) in [7, 11) is -3.43. The van der Waals surface area contributed by atoms with Crippen molar-refractivity contribution >= 4 is 21.6 Å². The molecule has 7 nitrogen and oxygen atoms in total. The van der Waals surface area contributed by atoms with Gasteiger partial charge in [0.05, 0.1) is 17.1 Å². The van der Waals surface area contributed by atoms with Gasteiger partial charge in [0.25, 0.3) is 0 Å². The van der Waals surface area contributed by atoms with Crippen LogP contribution in [0.2, 0.25) is 0 Å². The standard InChI is InChI=1S/C18H22N4O3S/c23-18(14-19-13-16-5-1-2-10-20-16)21-15-6-8-17(9-7-15)26(24,25)22-11-3-4-12-22/h1-2,5-10,19H,3-4,11-14H2,(H,21,23). The molecule has 0 radical (unpaired) electrons. The molecule has 0 unspecified atom stereocenters. The number of sulfonamides is 1. The fourth-order valence-electron chi connectivity index (χ4n) is 2.80. The van der Waals surface area contributed by atoms with Crippen LogP contribution in [0.25, 0.3) is 0 Å². The monoisotopic (exact) mass is 374 g/mol. The van der Waals surface area contributed by atoms with Crippen molar-refractivity contribution in [2.24, 2.45) is 0 Å². The third-order valence-electron chi connectivity index (χ3n) is 4.16. The summed E-state index contributed by atoms with van der Waals surface area (Å²) < 4.78 is 26.4. The topological polar surface area (TPSA) is 91.4 Å². The zero-order valence-corrected chi connectivity index (χ0v) is 15.2. The van der Waals surface area contributed by atoms with Crippen molar-refractivity contribution in [1.29, 1.82) is 0 Å². The highest BCUT2D eigenvalue weighted by atomic mass is 32.2. The van der Waals surface area contributed by atoms with Gasteiger partial charge in [-0.05, 0) is 49.2 Å². The van der Waals surface area contributed by atoms with E-state index in [-0.39, 0.29) is 17.3 Å². The molecule has 2 N–H and O–H groups in total. The van der Waals surface area contributed by atoms with Crippen LogP contribution < -0.4 is 10.6 Å². The van der Waals surface area contributed by atoms with E-state index in [1.165, 1.54) is 16.4 Å². The van der Waals surface area contributed by atoms with Gasteiger partial charge >= 0.3 is 0 Å². The molecule has 1 amide bonds. The second kappa shape index (κ2) is 8.39. The lowest BCUT2D eigenvalue weighted by atomic mass is 10.3. The van der Waals surface area contributed by atoms with E-state index < -0.39 is 10.0 Å². The molecule has 138 valence electrons. The lowest BCUT2D eigenvalue weighted by molar-refractivity contribution is -0.115. The Morgan fingerprint density at radius 3 is 2.46 bits per heavy atom. The first kappa shape index (κ1) is 18.5. The molecule has 1 aliphatic heterocycles. The molecule has 26 heavy (non-hydrogen) atoms. The summed E-state index contributed by atoms with van der Waals surface area (Å²) >= 11 is 0. The van der Waals surface area contributed by atoms with Crippen LogP contribution in [0, 0.1) is 0 Å². The van der Waals surface area contributed by atoms with Gasteiger partial charge in [-0.2, -0.15) is 4.31 Å². The van der Waals surface area contributed by atoms with Crippen molar-refractivity contribution in [3.63, 3.8) is 0 Å². The molecule has 1 aliphatic rings. The Morgan fingerprint density at radius 2 is 1.81 bits per heavy atom. The van der Waals surface area contributed by atoms with Gasteiger partial charge in [-0.15, -0.1) is 0 Å². The summed E-state index contributed by atoms with van der Waals surface area (Å²) in [5, 5.41) is 5.76. The van der Waals surface area contributed by atoms with E-state index in [0.29, 0.717) is 25.3 Å². The minimum Gasteiger partial charge on any atom is -0.325 e. The molecular weight excluding hydrogens is 352 g/mol. The number of anilines is 1. The van der Waals surface area contributed by atoms with Crippen LogP contribution in [0.3, 0.4) is 0 Å². The maximum Gasteiger partial charge on any atom is 0.243 e. The first-order valence-corrected chi connectivity index (χ1v) is 10.0. The smallest absolute Gasteiger partial charge is 0.243 e. The van der Waals surface area contributed by atoms with Gasteiger partial charge in [-0.1, -0.05) is 6.07 Å². The number of hydrogen-bond acceptors (Lipinski definition) is 5. The zero-order chi connectivity index (χ0) is 18.4. The third kappa shape index (κ3) is 4.66. The Bertz CT molecular complexity index is 832. The quantitative estimate of drug-likeness (QED) is 0.768. The van der Waals surface area contributed by atoms with E-state index in [1.807, 2.05) is 18.2 Å². The maximum atomic E-state index is 12.5. The Hall–Kier alpha value is -2.29. The minimum absolute atomic E-state index is 0.143. The molecule has 1 aromatic carbocycles. The van der Waals surface area contributed by atoms with Crippen LogP contribution in [0.15, 0.2) is 53.6 Å². The van der Waals surface area contributed by atoms with E-state index in [0.717, 1.165) is 18.5 Å². The normalized spacial score (nSPS) is 15.1. The van der Waals surface area contributed by atoms with Crippen LogP contribution in [0.5, 0.6) is 0 Å². The number of benzene rings is 1. The largest absolute Gasteiger partial charge is 0.325 e. The number of pyridine rings is 1. The summed E-state index contributed by atoms with van der Waals surface area (Å²) in [5.74, 6) is -0.198. The van der Waals surface area contributed by atoms with Gasteiger partial charge < -0.3 is 10.6 Å². The lowest BCUT2D eigenvalue weighted by Crippen LogP contribution is -2.28. The van der Waals surface area contributed by atoms with Gasteiger partial charge in [-0.25, -0.2) is 8.42 Å². The van der Waals surface area contributed by atoms with E-state index in [1.54, 1.807) is 18.3 Å².